The van der Waals surface area contributed by atoms with Gasteiger partial charge in [-0.3, -0.25) is 0 Å². The Morgan fingerprint density at radius 2 is 2.17 bits per heavy atom. The average molecular weight is 275 g/mol. The number of nitrogens with zero attached hydrogens (tertiary/aromatic N) is 2. The maximum absolute atomic E-state index is 12.1. The molecule has 98 valence electrons. The highest BCUT2D eigenvalue weighted by atomic mass is 32.1. The summed E-state index contributed by atoms with van der Waals surface area (Å²) in [5.41, 5.74) is 2.33. The summed E-state index contributed by atoms with van der Waals surface area (Å²) < 4.78 is 38.3. The molecule has 0 bridgehead atoms. The highest BCUT2D eigenvalue weighted by Crippen LogP contribution is 2.22. The Hall–Kier alpha value is -1.37. The van der Waals surface area contributed by atoms with Gasteiger partial charge in [-0.05, 0) is 37.2 Å². The van der Waals surface area contributed by atoms with E-state index in [0.717, 1.165) is 11.1 Å². The molecule has 7 heteroatoms. The number of rotatable bonds is 3. The smallest absolute Gasteiger partial charge is 0.329 e. The fraction of sp³-hybridized carbons (Fsp3) is 0.455. The standard InChI is InChI=1S/C11H12F3N3S/c1-7-5-8-9(15-6-7)17(10(18)16-8)4-2-3-11(12,13)14/h5-6H,2-4H2,1H3,(H,16,18). The Bertz CT molecular complexity index is 612. The minimum atomic E-state index is -4.13. The van der Waals surface area contributed by atoms with Crippen molar-refractivity contribution in [2.24, 2.45) is 0 Å². The van der Waals surface area contributed by atoms with E-state index in [1.807, 2.05) is 13.0 Å². The number of alkyl halides is 3. The van der Waals surface area contributed by atoms with Crippen molar-refractivity contribution in [2.45, 2.75) is 32.5 Å². The second-order valence-electron chi connectivity index (χ2n) is 4.18. The number of aromatic amines is 1. The molecule has 2 aromatic rings. The first-order valence-corrected chi connectivity index (χ1v) is 5.89. The van der Waals surface area contributed by atoms with E-state index in [1.165, 1.54) is 0 Å². The molecule has 2 aromatic heterocycles. The van der Waals surface area contributed by atoms with E-state index >= 15 is 0 Å². The minimum Gasteiger partial charge on any atom is -0.329 e. The Morgan fingerprint density at radius 1 is 1.44 bits per heavy atom. The lowest BCUT2D eigenvalue weighted by Gasteiger charge is -2.07. The van der Waals surface area contributed by atoms with Crippen molar-refractivity contribution < 1.29 is 13.2 Å². The molecule has 0 amide bonds. The van der Waals surface area contributed by atoms with Crippen LogP contribution < -0.4 is 0 Å². The first kappa shape index (κ1) is 13.1. The summed E-state index contributed by atoms with van der Waals surface area (Å²) in [5, 5.41) is 0. The van der Waals surface area contributed by atoms with Crippen molar-refractivity contribution in [2.75, 3.05) is 0 Å². The van der Waals surface area contributed by atoms with Crippen LogP contribution in [0.3, 0.4) is 0 Å². The van der Waals surface area contributed by atoms with Crippen LogP contribution in [0, 0.1) is 11.7 Å². The van der Waals surface area contributed by atoms with Crippen LogP contribution in [0.1, 0.15) is 18.4 Å². The Labute approximate surface area is 107 Å². The molecule has 0 aliphatic carbocycles. The molecule has 0 fully saturated rings. The third-order valence-corrected chi connectivity index (χ3v) is 2.91. The lowest BCUT2D eigenvalue weighted by atomic mass is 10.3. The SMILES string of the molecule is Cc1cnc2c(c1)[nH]c(=S)n2CCCC(F)(F)F. The predicted molar refractivity (Wildman–Crippen MR) is 64.9 cm³/mol. The summed E-state index contributed by atoms with van der Waals surface area (Å²) in [5.74, 6) is 0. The number of hydrogen-bond donors (Lipinski definition) is 1. The van der Waals surface area contributed by atoms with Crippen molar-refractivity contribution >= 4 is 23.4 Å². The van der Waals surface area contributed by atoms with Gasteiger partial charge in [0.1, 0.15) is 0 Å². The Balaban J connectivity index is 2.23. The zero-order valence-corrected chi connectivity index (χ0v) is 10.5. The first-order chi connectivity index (χ1) is 8.37. The molecule has 0 spiro atoms. The van der Waals surface area contributed by atoms with Crippen LogP contribution in [0.5, 0.6) is 0 Å². The molecular weight excluding hydrogens is 263 g/mol. The number of H-pyrrole nitrogens is 1. The van der Waals surface area contributed by atoms with Gasteiger partial charge in [-0.15, -0.1) is 0 Å². The minimum absolute atomic E-state index is 0.000314. The molecule has 0 atom stereocenters. The molecule has 0 aromatic carbocycles. The highest BCUT2D eigenvalue weighted by molar-refractivity contribution is 7.71. The molecule has 0 aliphatic rings. The van der Waals surface area contributed by atoms with E-state index < -0.39 is 12.6 Å². The Kier molecular flexibility index (Phi) is 3.43. The fourth-order valence-electron chi connectivity index (χ4n) is 1.79. The van der Waals surface area contributed by atoms with Gasteiger partial charge in [0.15, 0.2) is 10.4 Å². The third-order valence-electron chi connectivity index (χ3n) is 2.59. The van der Waals surface area contributed by atoms with Gasteiger partial charge in [-0.25, -0.2) is 4.98 Å². The van der Waals surface area contributed by atoms with E-state index in [4.69, 9.17) is 12.2 Å². The number of nitrogens with one attached hydrogen (secondary N) is 1. The number of aryl methyl sites for hydroxylation is 2. The van der Waals surface area contributed by atoms with Gasteiger partial charge in [0.05, 0.1) is 5.52 Å². The summed E-state index contributed by atoms with van der Waals surface area (Å²) >= 11 is 5.09. The molecule has 2 rings (SSSR count). The van der Waals surface area contributed by atoms with Gasteiger partial charge in [-0.1, -0.05) is 0 Å². The lowest BCUT2D eigenvalue weighted by Crippen LogP contribution is -2.09. The molecular formula is C11H12F3N3S. The van der Waals surface area contributed by atoms with Crippen molar-refractivity contribution in [1.82, 2.24) is 14.5 Å². The van der Waals surface area contributed by atoms with Gasteiger partial charge >= 0.3 is 6.18 Å². The summed E-state index contributed by atoms with van der Waals surface area (Å²) in [6.07, 6.45) is -3.27. The number of aromatic nitrogens is 3. The van der Waals surface area contributed by atoms with E-state index in [1.54, 1.807) is 10.8 Å². The maximum atomic E-state index is 12.1. The van der Waals surface area contributed by atoms with Gasteiger partial charge in [-0.2, -0.15) is 13.2 Å². The second-order valence-corrected chi connectivity index (χ2v) is 4.57. The van der Waals surface area contributed by atoms with Gasteiger partial charge in [0.2, 0.25) is 0 Å². The van der Waals surface area contributed by atoms with Crippen molar-refractivity contribution in [3.63, 3.8) is 0 Å². The van der Waals surface area contributed by atoms with E-state index in [9.17, 15) is 13.2 Å². The summed E-state index contributed by atoms with van der Waals surface area (Å²) in [7, 11) is 0. The number of imidazole rings is 1. The maximum Gasteiger partial charge on any atom is 0.389 e. The molecule has 18 heavy (non-hydrogen) atoms. The van der Waals surface area contributed by atoms with E-state index in [0.29, 0.717) is 10.4 Å². The van der Waals surface area contributed by atoms with Crippen LogP contribution in [-0.4, -0.2) is 20.7 Å². The highest BCUT2D eigenvalue weighted by Gasteiger charge is 2.26. The second kappa shape index (κ2) is 4.72. The number of hydrogen-bond acceptors (Lipinski definition) is 2. The van der Waals surface area contributed by atoms with Crippen molar-refractivity contribution in [3.05, 3.63) is 22.6 Å². The molecule has 0 aliphatic heterocycles. The Morgan fingerprint density at radius 3 is 2.83 bits per heavy atom. The van der Waals surface area contributed by atoms with Crippen LogP contribution in [0.4, 0.5) is 13.2 Å². The molecule has 0 radical (unpaired) electrons. The summed E-state index contributed by atoms with van der Waals surface area (Å²) in [6.45, 7) is 2.11. The molecule has 1 N–H and O–H groups in total. The number of halogens is 3. The predicted octanol–water partition coefficient (Wildman–Crippen LogP) is 3.74. The quantitative estimate of drug-likeness (QED) is 0.866. The summed E-state index contributed by atoms with van der Waals surface area (Å²) in [4.78, 5) is 7.15. The summed E-state index contributed by atoms with van der Waals surface area (Å²) in [6, 6.07) is 1.87. The fourth-order valence-corrected chi connectivity index (χ4v) is 2.08. The van der Waals surface area contributed by atoms with Gasteiger partial charge in [0.25, 0.3) is 0 Å². The topological polar surface area (TPSA) is 33.6 Å². The van der Waals surface area contributed by atoms with Crippen LogP contribution in [-0.2, 0) is 6.54 Å². The number of pyridine rings is 1. The average Bonchev–Trinajstić information content (AvgIpc) is 2.52. The van der Waals surface area contributed by atoms with E-state index in [-0.39, 0.29) is 13.0 Å². The number of fused-ring (bicyclic) bond motifs is 1. The zero-order chi connectivity index (χ0) is 13.3. The van der Waals surface area contributed by atoms with Crippen LogP contribution in [0.25, 0.3) is 11.2 Å². The molecule has 0 saturated heterocycles. The third kappa shape index (κ3) is 2.90. The van der Waals surface area contributed by atoms with Gasteiger partial charge in [0, 0.05) is 19.2 Å². The molecule has 3 nitrogen and oxygen atoms in total. The molecule has 0 unspecified atom stereocenters. The largest absolute Gasteiger partial charge is 0.389 e. The molecule has 0 saturated carbocycles. The zero-order valence-electron chi connectivity index (χ0n) is 9.71. The normalized spacial score (nSPS) is 12.2. The van der Waals surface area contributed by atoms with Crippen LogP contribution in [0.15, 0.2) is 12.3 Å². The van der Waals surface area contributed by atoms with Crippen molar-refractivity contribution in [1.29, 1.82) is 0 Å². The monoisotopic (exact) mass is 275 g/mol. The first-order valence-electron chi connectivity index (χ1n) is 5.49. The lowest BCUT2D eigenvalue weighted by molar-refractivity contribution is -0.135. The van der Waals surface area contributed by atoms with Crippen LogP contribution >= 0.6 is 12.2 Å². The molecule has 2 heterocycles. The van der Waals surface area contributed by atoms with Gasteiger partial charge < -0.3 is 9.55 Å². The van der Waals surface area contributed by atoms with Crippen molar-refractivity contribution in [3.8, 4) is 0 Å². The van der Waals surface area contributed by atoms with E-state index in [2.05, 4.69) is 9.97 Å². The van der Waals surface area contributed by atoms with Crippen LogP contribution in [0.2, 0.25) is 0 Å².